The second kappa shape index (κ2) is 10.3. The molecule has 1 saturated carbocycles. The highest BCUT2D eigenvalue weighted by molar-refractivity contribution is 5.98. The SMILES string of the molecule is C[C@H](NC(=O)O)[C@H](Nc1nc(Nc2cnc(N3CCOCC3)c(F)c2)c(C(N)=O)cc1F)C1CC1. The number of nitrogens with zero attached hydrogens (tertiary/aromatic N) is 3. The summed E-state index contributed by atoms with van der Waals surface area (Å²) in [6, 6.07) is 1.18. The van der Waals surface area contributed by atoms with Crippen LogP contribution in [0.1, 0.15) is 30.1 Å². The molecule has 35 heavy (non-hydrogen) atoms. The number of aromatic nitrogens is 2. The van der Waals surface area contributed by atoms with Crippen molar-refractivity contribution in [3.05, 3.63) is 35.5 Å². The lowest BCUT2D eigenvalue weighted by atomic mass is 10.0. The van der Waals surface area contributed by atoms with Gasteiger partial charge in [0.05, 0.1) is 36.7 Å². The Kier molecular flexibility index (Phi) is 7.15. The van der Waals surface area contributed by atoms with E-state index in [2.05, 4.69) is 25.9 Å². The van der Waals surface area contributed by atoms with Gasteiger partial charge >= 0.3 is 6.09 Å². The fourth-order valence-corrected chi connectivity index (χ4v) is 4.07. The number of carbonyl (C=O) groups is 2. The molecule has 1 aliphatic heterocycles. The Labute approximate surface area is 200 Å². The molecule has 1 aliphatic carbocycles. The molecule has 1 saturated heterocycles. The van der Waals surface area contributed by atoms with Crippen molar-refractivity contribution in [2.24, 2.45) is 11.7 Å². The van der Waals surface area contributed by atoms with Gasteiger partial charge in [0.1, 0.15) is 5.82 Å². The van der Waals surface area contributed by atoms with Crippen molar-refractivity contribution < 1.29 is 28.2 Å². The highest BCUT2D eigenvalue weighted by atomic mass is 19.1. The van der Waals surface area contributed by atoms with Crippen LogP contribution in [0.25, 0.3) is 0 Å². The zero-order chi connectivity index (χ0) is 25.1. The number of carbonyl (C=O) groups excluding carboxylic acids is 1. The van der Waals surface area contributed by atoms with Gasteiger partial charge < -0.3 is 36.4 Å². The molecule has 2 aromatic rings. The maximum atomic E-state index is 14.8. The van der Waals surface area contributed by atoms with Crippen LogP contribution in [0.3, 0.4) is 0 Å². The van der Waals surface area contributed by atoms with E-state index in [0.29, 0.717) is 26.3 Å². The smallest absolute Gasteiger partial charge is 0.404 e. The van der Waals surface area contributed by atoms with Crippen molar-refractivity contribution in [2.75, 3.05) is 41.8 Å². The molecule has 11 nitrogen and oxygen atoms in total. The van der Waals surface area contributed by atoms with Crippen LogP contribution in [0.2, 0.25) is 0 Å². The minimum atomic E-state index is -1.19. The van der Waals surface area contributed by atoms with E-state index in [1.165, 1.54) is 12.3 Å². The van der Waals surface area contributed by atoms with Crippen LogP contribution < -0.4 is 26.6 Å². The lowest BCUT2D eigenvalue weighted by Gasteiger charge is -2.28. The van der Waals surface area contributed by atoms with Gasteiger partial charge in [-0.15, -0.1) is 0 Å². The maximum Gasteiger partial charge on any atom is 0.404 e. The number of morpholine rings is 1. The van der Waals surface area contributed by atoms with Crippen molar-refractivity contribution in [1.29, 1.82) is 0 Å². The molecule has 3 heterocycles. The van der Waals surface area contributed by atoms with Gasteiger partial charge in [0, 0.05) is 25.2 Å². The Hall–Kier alpha value is -3.74. The van der Waals surface area contributed by atoms with Crippen LogP contribution in [0.15, 0.2) is 18.3 Å². The van der Waals surface area contributed by atoms with Crippen molar-refractivity contribution in [3.8, 4) is 0 Å². The maximum absolute atomic E-state index is 14.8. The molecule has 6 N–H and O–H groups in total. The van der Waals surface area contributed by atoms with Crippen LogP contribution in [-0.2, 0) is 4.74 Å². The van der Waals surface area contributed by atoms with Gasteiger partial charge in [0.2, 0.25) is 0 Å². The van der Waals surface area contributed by atoms with Crippen molar-refractivity contribution in [2.45, 2.75) is 31.8 Å². The molecule has 2 aromatic heterocycles. The number of hydrogen-bond acceptors (Lipinski definition) is 8. The molecule has 0 spiro atoms. The Morgan fingerprint density at radius 2 is 1.91 bits per heavy atom. The van der Waals surface area contributed by atoms with Crippen LogP contribution in [-0.4, -0.2) is 65.5 Å². The number of nitrogens with one attached hydrogen (secondary N) is 3. The average Bonchev–Trinajstić information content (AvgIpc) is 3.64. The molecular formula is C22H27F2N7O4. The van der Waals surface area contributed by atoms with Crippen molar-refractivity contribution >= 4 is 35.1 Å². The number of pyridine rings is 2. The third kappa shape index (κ3) is 5.85. The van der Waals surface area contributed by atoms with Gasteiger partial charge in [-0.3, -0.25) is 4.79 Å². The quantitative estimate of drug-likeness (QED) is 0.355. The zero-order valence-corrected chi connectivity index (χ0v) is 19.1. The summed E-state index contributed by atoms with van der Waals surface area (Å²) in [7, 11) is 0. The molecule has 0 unspecified atom stereocenters. The minimum absolute atomic E-state index is 0.0879. The number of amides is 2. The topological polar surface area (TPSA) is 155 Å². The van der Waals surface area contributed by atoms with E-state index < -0.39 is 35.7 Å². The molecule has 0 bridgehead atoms. The summed E-state index contributed by atoms with van der Waals surface area (Å²) < 4.78 is 34.9. The van der Waals surface area contributed by atoms with Crippen molar-refractivity contribution in [3.63, 3.8) is 0 Å². The first-order chi connectivity index (χ1) is 16.7. The zero-order valence-electron chi connectivity index (χ0n) is 19.1. The highest BCUT2D eigenvalue weighted by Crippen LogP contribution is 2.36. The number of carboxylic acid groups (broad SMARTS) is 1. The third-order valence-electron chi connectivity index (χ3n) is 5.96. The van der Waals surface area contributed by atoms with E-state index in [1.807, 2.05) is 0 Å². The highest BCUT2D eigenvalue weighted by Gasteiger charge is 2.36. The fourth-order valence-electron chi connectivity index (χ4n) is 4.07. The van der Waals surface area contributed by atoms with Crippen LogP contribution >= 0.6 is 0 Å². The van der Waals surface area contributed by atoms with Gasteiger partial charge in [-0.1, -0.05) is 0 Å². The summed E-state index contributed by atoms with van der Waals surface area (Å²) in [5.74, 6) is -2.30. The normalized spacial score (nSPS) is 17.4. The van der Waals surface area contributed by atoms with Gasteiger partial charge in [-0.2, -0.15) is 0 Å². The first-order valence-electron chi connectivity index (χ1n) is 11.2. The molecule has 0 radical (unpaired) electrons. The molecule has 2 amide bonds. The number of rotatable bonds is 9. The van der Waals surface area contributed by atoms with Gasteiger partial charge in [-0.25, -0.2) is 23.5 Å². The lowest BCUT2D eigenvalue weighted by molar-refractivity contribution is 0.1000. The predicted molar refractivity (Wildman–Crippen MR) is 124 cm³/mol. The number of nitrogens with two attached hydrogens (primary N) is 1. The van der Waals surface area contributed by atoms with Crippen LogP contribution in [0.5, 0.6) is 0 Å². The minimum Gasteiger partial charge on any atom is -0.465 e. The summed E-state index contributed by atoms with van der Waals surface area (Å²) >= 11 is 0. The Balaban J connectivity index is 1.59. The van der Waals surface area contributed by atoms with E-state index in [1.54, 1.807) is 11.8 Å². The molecule has 188 valence electrons. The molecule has 2 atom stereocenters. The summed E-state index contributed by atoms with van der Waals surface area (Å²) in [6.07, 6.45) is 1.90. The third-order valence-corrected chi connectivity index (χ3v) is 5.96. The summed E-state index contributed by atoms with van der Waals surface area (Å²) in [5.41, 5.74) is 5.37. The molecular weight excluding hydrogens is 464 g/mol. The van der Waals surface area contributed by atoms with Crippen molar-refractivity contribution in [1.82, 2.24) is 15.3 Å². The van der Waals surface area contributed by atoms with Crippen LogP contribution in [0.4, 0.5) is 36.7 Å². The summed E-state index contributed by atoms with van der Waals surface area (Å²) in [5, 5.41) is 17.2. The van der Waals surface area contributed by atoms with E-state index in [9.17, 15) is 18.4 Å². The van der Waals surface area contributed by atoms with Gasteiger partial charge in [0.15, 0.2) is 23.3 Å². The standard InChI is InChI=1S/C22H27F2N7O4/c1-11(27-22(33)34)17(12-2-3-12)29-20-15(23)9-14(18(25)32)19(30-20)28-13-8-16(24)21(26-10-13)31-4-6-35-7-5-31/h8-12,17,27H,2-7H2,1H3,(H2,25,32)(H,33,34)(H2,28,29,30)/t11-,17-/m0/s1. The fraction of sp³-hybridized carbons (Fsp3) is 0.455. The first kappa shape index (κ1) is 24.4. The molecule has 2 aliphatic rings. The molecule has 2 fully saturated rings. The second-order valence-electron chi connectivity index (χ2n) is 8.58. The summed E-state index contributed by atoms with van der Waals surface area (Å²) in [6.45, 7) is 3.63. The average molecular weight is 491 g/mol. The largest absolute Gasteiger partial charge is 0.465 e. The van der Waals surface area contributed by atoms with E-state index in [-0.39, 0.29) is 34.6 Å². The first-order valence-corrected chi connectivity index (χ1v) is 11.2. The number of ether oxygens (including phenoxy) is 1. The molecule has 4 rings (SSSR count). The Morgan fingerprint density at radius 3 is 2.51 bits per heavy atom. The predicted octanol–water partition coefficient (Wildman–Crippen LogP) is 2.28. The number of halogens is 2. The van der Waals surface area contributed by atoms with E-state index >= 15 is 0 Å². The van der Waals surface area contributed by atoms with E-state index in [4.69, 9.17) is 15.6 Å². The van der Waals surface area contributed by atoms with Crippen LogP contribution in [0, 0.1) is 17.6 Å². The Morgan fingerprint density at radius 1 is 1.20 bits per heavy atom. The van der Waals surface area contributed by atoms with Gasteiger partial charge in [0.25, 0.3) is 5.91 Å². The second-order valence-corrected chi connectivity index (χ2v) is 8.58. The monoisotopic (exact) mass is 491 g/mol. The number of anilines is 4. The van der Waals surface area contributed by atoms with E-state index in [0.717, 1.165) is 18.9 Å². The summed E-state index contributed by atoms with van der Waals surface area (Å²) in [4.78, 5) is 33.1. The lowest BCUT2D eigenvalue weighted by Crippen LogP contribution is -2.45. The number of primary amides is 1. The molecule has 13 heteroatoms. The Bertz CT molecular complexity index is 1110. The van der Waals surface area contributed by atoms with Gasteiger partial charge in [-0.05, 0) is 31.7 Å². The molecule has 0 aromatic carbocycles. The number of hydrogen-bond donors (Lipinski definition) is 5.